The van der Waals surface area contributed by atoms with Gasteiger partial charge in [-0.05, 0) is 42.5 Å². The topological polar surface area (TPSA) is 55.9 Å². The van der Waals surface area contributed by atoms with Gasteiger partial charge in [-0.2, -0.15) is 13.2 Å². The van der Waals surface area contributed by atoms with Crippen molar-refractivity contribution in [1.82, 2.24) is 9.80 Å². The Hall–Kier alpha value is -3.07. The highest BCUT2D eigenvalue weighted by Gasteiger charge is 2.31. The Kier molecular flexibility index (Phi) is 6.84. The van der Waals surface area contributed by atoms with Gasteiger partial charge in [0.2, 0.25) is 5.91 Å². The van der Waals surface area contributed by atoms with E-state index in [0.717, 1.165) is 12.1 Å². The lowest BCUT2D eigenvalue weighted by atomic mass is 10.1. The first-order valence-electron chi connectivity index (χ1n) is 9.89. The first-order chi connectivity index (χ1) is 14.6. The van der Waals surface area contributed by atoms with Crippen LogP contribution in [0.2, 0.25) is 0 Å². The highest BCUT2D eigenvalue weighted by Crippen LogP contribution is 2.31. The maximum atomic E-state index is 12.9. The zero-order chi connectivity index (χ0) is 22.6. The Bertz CT molecular complexity index is 921. The predicted molar refractivity (Wildman–Crippen MR) is 113 cm³/mol. The van der Waals surface area contributed by atoms with Crippen molar-refractivity contribution < 1.29 is 22.8 Å². The quantitative estimate of drug-likeness (QED) is 0.786. The number of piperazine rings is 1. The van der Waals surface area contributed by atoms with Crippen LogP contribution in [0.25, 0.3) is 0 Å². The fourth-order valence-corrected chi connectivity index (χ4v) is 3.40. The number of rotatable bonds is 5. The van der Waals surface area contributed by atoms with Crippen LogP contribution in [-0.4, -0.2) is 68.4 Å². The van der Waals surface area contributed by atoms with Gasteiger partial charge < -0.3 is 15.1 Å². The number of halogens is 3. The Morgan fingerprint density at radius 3 is 2.23 bits per heavy atom. The van der Waals surface area contributed by atoms with Gasteiger partial charge in [-0.25, -0.2) is 0 Å². The lowest BCUT2D eigenvalue weighted by Crippen LogP contribution is -2.48. The van der Waals surface area contributed by atoms with Crippen LogP contribution in [0.1, 0.15) is 15.9 Å². The highest BCUT2D eigenvalue weighted by atomic mass is 19.4. The van der Waals surface area contributed by atoms with E-state index < -0.39 is 11.7 Å². The second-order valence-electron chi connectivity index (χ2n) is 7.64. The number of carbonyl (C=O) groups is 2. The molecule has 3 rings (SSSR count). The van der Waals surface area contributed by atoms with Crippen molar-refractivity contribution in [2.75, 3.05) is 57.0 Å². The normalized spacial score (nSPS) is 14.9. The summed E-state index contributed by atoms with van der Waals surface area (Å²) in [5.74, 6) is -0.296. The molecular weight excluding hydrogens is 409 g/mol. The van der Waals surface area contributed by atoms with Crippen molar-refractivity contribution in [3.63, 3.8) is 0 Å². The fraction of sp³-hybridized carbons (Fsp3) is 0.364. The Morgan fingerprint density at radius 2 is 1.65 bits per heavy atom. The van der Waals surface area contributed by atoms with Crippen LogP contribution in [0.3, 0.4) is 0 Å². The molecule has 0 bridgehead atoms. The highest BCUT2D eigenvalue weighted by molar-refractivity contribution is 5.96. The molecule has 0 saturated carbocycles. The molecule has 31 heavy (non-hydrogen) atoms. The molecule has 1 N–H and O–H groups in total. The molecular formula is C22H25F3N4O2. The van der Waals surface area contributed by atoms with Crippen LogP contribution in [0.5, 0.6) is 0 Å². The maximum Gasteiger partial charge on any atom is 0.416 e. The number of benzene rings is 2. The largest absolute Gasteiger partial charge is 0.416 e. The first kappa shape index (κ1) is 22.6. The average molecular weight is 434 g/mol. The summed E-state index contributed by atoms with van der Waals surface area (Å²) in [6.45, 7) is 2.40. The standard InChI is InChI=1S/C22H25F3N4O2/c1-27(2)21(31)16-6-8-18(9-7-16)26-20(30)15-28-10-12-29(13-11-28)19-5-3-4-17(14-19)22(23,24)25/h3-9,14H,10-13,15H2,1-2H3,(H,26,30). The molecule has 2 aromatic carbocycles. The van der Waals surface area contributed by atoms with E-state index in [1.165, 1.54) is 11.0 Å². The summed E-state index contributed by atoms with van der Waals surface area (Å²) in [6, 6.07) is 12.0. The SMILES string of the molecule is CN(C)C(=O)c1ccc(NC(=O)CN2CCN(c3cccc(C(F)(F)F)c3)CC2)cc1. The molecule has 2 amide bonds. The van der Waals surface area contributed by atoms with Crippen molar-refractivity contribution in [2.24, 2.45) is 0 Å². The molecule has 1 heterocycles. The van der Waals surface area contributed by atoms with Crippen LogP contribution < -0.4 is 10.2 Å². The minimum Gasteiger partial charge on any atom is -0.369 e. The molecule has 1 saturated heterocycles. The van der Waals surface area contributed by atoms with E-state index in [-0.39, 0.29) is 18.4 Å². The van der Waals surface area contributed by atoms with Crippen LogP contribution in [-0.2, 0) is 11.0 Å². The van der Waals surface area contributed by atoms with Gasteiger partial charge in [0.1, 0.15) is 0 Å². The second-order valence-corrected chi connectivity index (χ2v) is 7.64. The summed E-state index contributed by atoms with van der Waals surface area (Å²) in [5, 5.41) is 2.81. The first-order valence-corrected chi connectivity index (χ1v) is 9.89. The Morgan fingerprint density at radius 1 is 1.00 bits per heavy atom. The van der Waals surface area contributed by atoms with E-state index in [2.05, 4.69) is 5.32 Å². The molecule has 1 fully saturated rings. The predicted octanol–water partition coefficient (Wildman–Crippen LogP) is 3.17. The number of nitrogens with zero attached hydrogens (tertiary/aromatic N) is 3. The third-order valence-electron chi connectivity index (χ3n) is 5.10. The molecule has 0 aromatic heterocycles. The van der Waals surface area contributed by atoms with E-state index in [1.807, 2.05) is 9.80 Å². The van der Waals surface area contributed by atoms with Gasteiger partial charge in [0.15, 0.2) is 0 Å². The average Bonchev–Trinajstić information content (AvgIpc) is 2.73. The summed E-state index contributed by atoms with van der Waals surface area (Å²) in [5.41, 5.74) is 1.01. The maximum absolute atomic E-state index is 12.9. The van der Waals surface area contributed by atoms with Crippen molar-refractivity contribution in [3.8, 4) is 0 Å². The molecule has 0 atom stereocenters. The number of amides is 2. The van der Waals surface area contributed by atoms with E-state index in [1.54, 1.807) is 44.4 Å². The van der Waals surface area contributed by atoms with Gasteiger partial charge in [-0.15, -0.1) is 0 Å². The van der Waals surface area contributed by atoms with E-state index in [4.69, 9.17) is 0 Å². The second kappa shape index (κ2) is 9.38. The molecule has 1 aliphatic heterocycles. The molecule has 1 aliphatic rings. The van der Waals surface area contributed by atoms with Gasteiger partial charge in [-0.3, -0.25) is 14.5 Å². The molecule has 166 valence electrons. The minimum absolute atomic E-state index is 0.114. The van der Waals surface area contributed by atoms with Crippen LogP contribution in [0, 0.1) is 0 Å². The lowest BCUT2D eigenvalue weighted by molar-refractivity contribution is -0.137. The zero-order valence-electron chi connectivity index (χ0n) is 17.4. The summed E-state index contributed by atoms with van der Waals surface area (Å²) in [7, 11) is 3.34. The molecule has 0 aliphatic carbocycles. The van der Waals surface area contributed by atoms with Gasteiger partial charge in [0, 0.05) is 57.2 Å². The molecule has 0 radical (unpaired) electrons. The van der Waals surface area contributed by atoms with Crippen LogP contribution in [0.15, 0.2) is 48.5 Å². The molecule has 9 heteroatoms. The number of carbonyl (C=O) groups excluding carboxylic acids is 2. The van der Waals surface area contributed by atoms with Crippen LogP contribution in [0.4, 0.5) is 24.5 Å². The number of hydrogen-bond donors (Lipinski definition) is 1. The number of alkyl halides is 3. The van der Waals surface area contributed by atoms with Gasteiger partial charge >= 0.3 is 6.18 Å². The number of nitrogens with one attached hydrogen (secondary N) is 1. The van der Waals surface area contributed by atoms with E-state index in [9.17, 15) is 22.8 Å². The molecule has 6 nitrogen and oxygen atoms in total. The number of hydrogen-bond acceptors (Lipinski definition) is 4. The van der Waals surface area contributed by atoms with Gasteiger partial charge in [0.25, 0.3) is 5.91 Å². The fourth-order valence-electron chi connectivity index (χ4n) is 3.40. The minimum atomic E-state index is -4.37. The van der Waals surface area contributed by atoms with Crippen molar-refractivity contribution in [2.45, 2.75) is 6.18 Å². The third kappa shape index (κ3) is 5.97. The van der Waals surface area contributed by atoms with Gasteiger partial charge in [-0.1, -0.05) is 6.07 Å². The van der Waals surface area contributed by atoms with Crippen molar-refractivity contribution in [3.05, 3.63) is 59.7 Å². The molecule has 0 spiro atoms. The van der Waals surface area contributed by atoms with E-state index in [0.29, 0.717) is 43.1 Å². The summed E-state index contributed by atoms with van der Waals surface area (Å²) >= 11 is 0. The molecule has 2 aromatic rings. The summed E-state index contributed by atoms with van der Waals surface area (Å²) in [6.07, 6.45) is -4.37. The van der Waals surface area contributed by atoms with E-state index >= 15 is 0 Å². The molecule has 0 unspecified atom stereocenters. The van der Waals surface area contributed by atoms with Gasteiger partial charge in [0.05, 0.1) is 12.1 Å². The van der Waals surface area contributed by atoms with Crippen molar-refractivity contribution in [1.29, 1.82) is 0 Å². The Balaban J connectivity index is 1.50. The zero-order valence-corrected chi connectivity index (χ0v) is 17.4. The summed E-state index contributed by atoms with van der Waals surface area (Å²) < 4.78 is 38.8. The third-order valence-corrected chi connectivity index (χ3v) is 5.10. The van der Waals surface area contributed by atoms with Crippen LogP contribution >= 0.6 is 0 Å². The van der Waals surface area contributed by atoms with Crippen molar-refractivity contribution >= 4 is 23.2 Å². The summed E-state index contributed by atoms with van der Waals surface area (Å²) in [4.78, 5) is 29.6. The smallest absolute Gasteiger partial charge is 0.369 e. The monoisotopic (exact) mass is 434 g/mol. The number of anilines is 2. The Labute approximate surface area is 179 Å². The lowest BCUT2D eigenvalue weighted by Gasteiger charge is -2.36.